The summed E-state index contributed by atoms with van der Waals surface area (Å²) in [6.45, 7) is 4.10. The Labute approximate surface area is 148 Å². The number of hydrogen-bond donors (Lipinski definition) is 1. The van der Waals surface area contributed by atoms with E-state index in [2.05, 4.69) is 0 Å². The molecule has 1 spiro atoms. The van der Waals surface area contributed by atoms with Gasteiger partial charge in [-0.1, -0.05) is 6.07 Å². The molecule has 1 atom stereocenters. The van der Waals surface area contributed by atoms with Crippen molar-refractivity contribution in [3.8, 4) is 5.75 Å². The predicted octanol–water partition coefficient (Wildman–Crippen LogP) is 2.01. The molecular weight excluding hydrogens is 320 g/mol. The molecule has 1 aromatic carbocycles. The van der Waals surface area contributed by atoms with Crippen LogP contribution in [0.15, 0.2) is 18.2 Å². The van der Waals surface area contributed by atoms with Gasteiger partial charge in [-0.2, -0.15) is 0 Å². The molecule has 2 heterocycles. The van der Waals surface area contributed by atoms with Crippen molar-refractivity contribution in [3.63, 3.8) is 0 Å². The number of methoxy groups -OCH3 is 1. The highest BCUT2D eigenvalue weighted by atomic mass is 16.5. The van der Waals surface area contributed by atoms with Crippen molar-refractivity contribution in [3.05, 3.63) is 29.3 Å². The molecule has 0 aliphatic carbocycles. The van der Waals surface area contributed by atoms with E-state index in [1.165, 1.54) is 0 Å². The number of piperidine rings is 1. The van der Waals surface area contributed by atoms with E-state index in [1.807, 2.05) is 35.9 Å². The third-order valence-electron chi connectivity index (χ3n) is 5.79. The Morgan fingerprint density at radius 3 is 2.52 bits per heavy atom. The third kappa shape index (κ3) is 3.35. The summed E-state index contributed by atoms with van der Waals surface area (Å²) in [5.74, 6) is -0.0000325. The number of ether oxygens (including phenoxy) is 1. The average molecular weight is 346 g/mol. The minimum atomic E-state index is -0.746. The molecule has 2 aliphatic rings. The molecular formula is C19H26N2O4. The average Bonchev–Trinajstić information content (AvgIpc) is 2.92. The fourth-order valence-electron chi connectivity index (χ4n) is 4.23. The Kier molecular flexibility index (Phi) is 4.73. The summed E-state index contributed by atoms with van der Waals surface area (Å²) in [6, 6.07) is 5.14. The van der Waals surface area contributed by atoms with Crippen molar-refractivity contribution in [1.29, 1.82) is 0 Å². The quantitative estimate of drug-likeness (QED) is 0.907. The van der Waals surface area contributed by atoms with E-state index in [9.17, 15) is 14.7 Å². The largest absolute Gasteiger partial charge is 0.496 e. The second kappa shape index (κ2) is 6.67. The van der Waals surface area contributed by atoms with Crippen LogP contribution in [-0.4, -0.2) is 66.6 Å². The summed E-state index contributed by atoms with van der Waals surface area (Å²) in [7, 11) is 3.49. The molecule has 2 aliphatic heterocycles. The predicted molar refractivity (Wildman–Crippen MR) is 94.0 cm³/mol. The minimum absolute atomic E-state index is 0.0225. The highest BCUT2D eigenvalue weighted by Crippen LogP contribution is 2.43. The fraction of sp³-hybridized carbons (Fsp3) is 0.579. The van der Waals surface area contributed by atoms with E-state index in [0.29, 0.717) is 25.1 Å². The van der Waals surface area contributed by atoms with Gasteiger partial charge < -0.3 is 14.7 Å². The highest BCUT2D eigenvalue weighted by molar-refractivity contribution is 5.94. The monoisotopic (exact) mass is 346 g/mol. The van der Waals surface area contributed by atoms with Gasteiger partial charge in [-0.05, 0) is 56.3 Å². The Hall–Kier alpha value is -2.08. The van der Waals surface area contributed by atoms with Crippen LogP contribution in [0.4, 0.5) is 0 Å². The number of amides is 1. The maximum absolute atomic E-state index is 12.8. The number of likely N-dealkylation sites (N-methyl/N-ethyl adjacent to an activating group) is 1. The minimum Gasteiger partial charge on any atom is -0.496 e. The molecule has 0 bridgehead atoms. The lowest BCUT2D eigenvalue weighted by Gasteiger charge is -2.39. The number of aliphatic carboxylic acids is 1. The molecule has 1 amide bonds. The SMILES string of the molecule is COc1cc(C(=O)N2CCC3(CC2)C[C@@H](C(=O)O)N(C)C3)ccc1C. The molecule has 0 aromatic heterocycles. The van der Waals surface area contributed by atoms with Gasteiger partial charge in [-0.15, -0.1) is 0 Å². The highest BCUT2D eigenvalue weighted by Gasteiger charge is 2.47. The van der Waals surface area contributed by atoms with Crippen LogP contribution in [0.5, 0.6) is 5.75 Å². The number of hydrogen-bond acceptors (Lipinski definition) is 4. The Balaban J connectivity index is 1.66. The molecule has 2 saturated heterocycles. The number of nitrogens with zero attached hydrogens (tertiary/aromatic N) is 2. The van der Waals surface area contributed by atoms with Gasteiger partial charge in [0, 0.05) is 25.2 Å². The van der Waals surface area contributed by atoms with Crippen molar-refractivity contribution in [2.75, 3.05) is 33.8 Å². The van der Waals surface area contributed by atoms with Gasteiger partial charge in [-0.3, -0.25) is 14.5 Å². The molecule has 6 heteroatoms. The molecule has 3 rings (SSSR count). The van der Waals surface area contributed by atoms with Gasteiger partial charge in [0.2, 0.25) is 0 Å². The zero-order valence-corrected chi connectivity index (χ0v) is 15.1. The number of benzene rings is 1. The number of carbonyl (C=O) groups excluding carboxylic acids is 1. The van der Waals surface area contributed by atoms with E-state index in [4.69, 9.17) is 4.74 Å². The smallest absolute Gasteiger partial charge is 0.320 e. The fourth-order valence-corrected chi connectivity index (χ4v) is 4.23. The van der Waals surface area contributed by atoms with Crippen molar-refractivity contribution >= 4 is 11.9 Å². The second-order valence-corrected chi connectivity index (χ2v) is 7.45. The first kappa shape index (κ1) is 17.7. The normalized spacial score (nSPS) is 23.0. The molecule has 1 aromatic rings. The van der Waals surface area contributed by atoms with Crippen LogP contribution in [-0.2, 0) is 4.79 Å². The van der Waals surface area contributed by atoms with Gasteiger partial charge in [0.15, 0.2) is 0 Å². The van der Waals surface area contributed by atoms with Crippen molar-refractivity contribution < 1.29 is 19.4 Å². The summed E-state index contributed by atoms with van der Waals surface area (Å²) in [4.78, 5) is 28.0. The zero-order valence-electron chi connectivity index (χ0n) is 15.1. The molecule has 136 valence electrons. The zero-order chi connectivity index (χ0) is 18.2. The lowest BCUT2D eigenvalue weighted by molar-refractivity contribution is -0.141. The number of aryl methyl sites for hydroxylation is 1. The number of likely N-dealkylation sites (tertiary alicyclic amines) is 2. The lowest BCUT2D eigenvalue weighted by atomic mass is 9.76. The summed E-state index contributed by atoms with van der Waals surface area (Å²) in [5.41, 5.74) is 1.68. The third-order valence-corrected chi connectivity index (χ3v) is 5.79. The number of carboxylic acids is 1. The van der Waals surface area contributed by atoms with E-state index in [-0.39, 0.29) is 11.3 Å². The van der Waals surface area contributed by atoms with Crippen molar-refractivity contribution in [2.45, 2.75) is 32.2 Å². The van der Waals surface area contributed by atoms with Crippen molar-refractivity contribution in [1.82, 2.24) is 9.80 Å². The van der Waals surface area contributed by atoms with Gasteiger partial charge in [0.25, 0.3) is 5.91 Å². The number of carbonyl (C=O) groups is 2. The van der Waals surface area contributed by atoms with Gasteiger partial charge in [0.05, 0.1) is 7.11 Å². The van der Waals surface area contributed by atoms with Crippen molar-refractivity contribution in [2.24, 2.45) is 5.41 Å². The molecule has 0 saturated carbocycles. The molecule has 25 heavy (non-hydrogen) atoms. The lowest BCUT2D eigenvalue weighted by Crippen LogP contribution is -2.44. The van der Waals surface area contributed by atoms with E-state index in [1.54, 1.807) is 13.2 Å². The maximum atomic E-state index is 12.8. The summed E-state index contributed by atoms with van der Waals surface area (Å²) >= 11 is 0. The topological polar surface area (TPSA) is 70.1 Å². The van der Waals surface area contributed by atoms with Gasteiger partial charge >= 0.3 is 5.97 Å². The van der Waals surface area contributed by atoms with Crippen LogP contribution in [0.3, 0.4) is 0 Å². The van der Waals surface area contributed by atoms with Crippen LogP contribution in [0, 0.1) is 12.3 Å². The number of rotatable bonds is 3. The summed E-state index contributed by atoms with van der Waals surface area (Å²) < 4.78 is 5.31. The van der Waals surface area contributed by atoms with Crippen LogP contribution in [0.1, 0.15) is 35.2 Å². The molecule has 2 fully saturated rings. The summed E-state index contributed by atoms with van der Waals surface area (Å²) in [5, 5.41) is 9.34. The van der Waals surface area contributed by atoms with Crippen LogP contribution < -0.4 is 4.74 Å². The number of carboxylic acid groups (broad SMARTS) is 1. The first-order chi connectivity index (χ1) is 11.8. The maximum Gasteiger partial charge on any atom is 0.320 e. The second-order valence-electron chi connectivity index (χ2n) is 7.45. The standard InChI is InChI=1S/C19H26N2O4/c1-13-4-5-14(10-16(13)25-3)17(22)21-8-6-19(7-9-21)11-15(18(23)24)20(2)12-19/h4-5,10,15H,6-9,11-12H2,1-3H3,(H,23,24)/t15-/m0/s1. The van der Waals surface area contributed by atoms with E-state index < -0.39 is 12.0 Å². The summed E-state index contributed by atoms with van der Waals surface area (Å²) in [6.07, 6.45) is 2.39. The Morgan fingerprint density at radius 2 is 1.96 bits per heavy atom. The van der Waals surface area contributed by atoms with Gasteiger partial charge in [-0.25, -0.2) is 0 Å². The first-order valence-corrected chi connectivity index (χ1v) is 8.72. The van der Waals surface area contributed by atoms with Crippen LogP contribution in [0.25, 0.3) is 0 Å². The molecule has 0 unspecified atom stereocenters. The van der Waals surface area contributed by atoms with E-state index >= 15 is 0 Å². The van der Waals surface area contributed by atoms with E-state index in [0.717, 1.165) is 30.7 Å². The molecule has 0 radical (unpaired) electrons. The Morgan fingerprint density at radius 1 is 1.28 bits per heavy atom. The first-order valence-electron chi connectivity index (χ1n) is 8.72. The van der Waals surface area contributed by atoms with Crippen LogP contribution >= 0.6 is 0 Å². The Bertz CT molecular complexity index is 680. The van der Waals surface area contributed by atoms with Crippen LogP contribution in [0.2, 0.25) is 0 Å². The molecule has 1 N–H and O–H groups in total. The molecule has 6 nitrogen and oxygen atoms in total. The van der Waals surface area contributed by atoms with Gasteiger partial charge in [0.1, 0.15) is 11.8 Å².